The molecule has 0 aromatic heterocycles. The maximum atomic E-state index is 12.0. The van der Waals surface area contributed by atoms with Crippen LogP contribution in [0.5, 0.6) is 17.2 Å². The molecule has 2 aromatic rings. The highest BCUT2D eigenvalue weighted by molar-refractivity contribution is 6.30. The van der Waals surface area contributed by atoms with Gasteiger partial charge >= 0.3 is 0 Å². The first-order valence-electron chi connectivity index (χ1n) is 6.85. The number of fused-ring (bicyclic) bond motifs is 1. The molecule has 0 spiro atoms. The molecule has 1 aliphatic heterocycles. The number of nitro groups is 1. The summed E-state index contributed by atoms with van der Waals surface area (Å²) in [6, 6.07) is 6.57. The van der Waals surface area contributed by atoms with Crippen molar-refractivity contribution in [2.75, 3.05) is 6.79 Å². The number of halogens is 1. The molecule has 0 bridgehead atoms. The molecule has 9 nitrogen and oxygen atoms in total. The number of aromatic hydroxyl groups is 1. The molecule has 2 aromatic carbocycles. The second-order valence-electron chi connectivity index (χ2n) is 4.88. The summed E-state index contributed by atoms with van der Waals surface area (Å²) >= 11 is 5.69. The van der Waals surface area contributed by atoms with Crippen LogP contribution in [0.1, 0.15) is 15.9 Å². The number of phenols is 1. The van der Waals surface area contributed by atoms with Crippen molar-refractivity contribution < 1.29 is 24.3 Å². The maximum absolute atomic E-state index is 12.0. The van der Waals surface area contributed by atoms with Gasteiger partial charge in [0.05, 0.1) is 28.3 Å². The average molecular weight is 364 g/mol. The molecule has 25 heavy (non-hydrogen) atoms. The molecule has 3 rings (SSSR count). The summed E-state index contributed by atoms with van der Waals surface area (Å²) in [4.78, 5) is 22.5. The van der Waals surface area contributed by atoms with Crippen molar-refractivity contribution in [1.82, 2.24) is 5.43 Å². The van der Waals surface area contributed by atoms with Crippen molar-refractivity contribution in [1.29, 1.82) is 0 Å². The number of carbonyl (C=O) groups is 1. The third-order valence-corrected chi connectivity index (χ3v) is 3.53. The third kappa shape index (κ3) is 3.45. The molecule has 1 amide bonds. The minimum atomic E-state index is -0.700. The van der Waals surface area contributed by atoms with Gasteiger partial charge in [0, 0.05) is 5.02 Å². The highest BCUT2D eigenvalue weighted by Crippen LogP contribution is 2.37. The lowest BCUT2D eigenvalue weighted by Gasteiger charge is -2.03. The number of nitro benzene ring substituents is 1. The van der Waals surface area contributed by atoms with Crippen molar-refractivity contribution in [2.45, 2.75) is 0 Å². The second-order valence-corrected chi connectivity index (χ2v) is 5.32. The smallest absolute Gasteiger partial charge is 0.282 e. The molecule has 1 heterocycles. The van der Waals surface area contributed by atoms with Crippen LogP contribution in [-0.4, -0.2) is 28.9 Å². The Hall–Kier alpha value is -3.33. The molecular weight excluding hydrogens is 354 g/mol. The van der Waals surface area contributed by atoms with Gasteiger partial charge in [-0.05, 0) is 24.3 Å². The van der Waals surface area contributed by atoms with Crippen molar-refractivity contribution >= 4 is 29.4 Å². The van der Waals surface area contributed by atoms with E-state index in [-0.39, 0.29) is 40.1 Å². The summed E-state index contributed by atoms with van der Waals surface area (Å²) in [5, 5.41) is 24.8. The van der Waals surface area contributed by atoms with E-state index in [1.807, 2.05) is 0 Å². The number of nitrogens with one attached hydrogen (secondary N) is 1. The molecule has 10 heteroatoms. The van der Waals surface area contributed by atoms with Crippen LogP contribution in [0, 0.1) is 10.1 Å². The number of hydrogen-bond donors (Lipinski definition) is 2. The summed E-state index contributed by atoms with van der Waals surface area (Å²) in [5.41, 5.74) is 2.00. The number of ether oxygens (including phenoxy) is 2. The first-order chi connectivity index (χ1) is 12.0. The van der Waals surface area contributed by atoms with Crippen molar-refractivity contribution in [2.24, 2.45) is 5.10 Å². The van der Waals surface area contributed by atoms with Gasteiger partial charge in [-0.1, -0.05) is 11.6 Å². The zero-order valence-electron chi connectivity index (χ0n) is 12.4. The lowest BCUT2D eigenvalue weighted by molar-refractivity contribution is -0.385. The monoisotopic (exact) mass is 363 g/mol. The number of rotatable bonds is 4. The Bertz CT molecular complexity index is 899. The average Bonchev–Trinajstić information content (AvgIpc) is 3.01. The lowest BCUT2D eigenvalue weighted by atomic mass is 10.1. The van der Waals surface area contributed by atoms with Crippen LogP contribution in [0.25, 0.3) is 0 Å². The van der Waals surface area contributed by atoms with E-state index in [1.165, 1.54) is 30.3 Å². The zero-order valence-corrected chi connectivity index (χ0v) is 13.2. The number of hydrogen-bond acceptors (Lipinski definition) is 7. The van der Waals surface area contributed by atoms with Crippen LogP contribution in [0.3, 0.4) is 0 Å². The van der Waals surface area contributed by atoms with E-state index in [1.54, 1.807) is 0 Å². The topological polar surface area (TPSA) is 123 Å². The quantitative estimate of drug-likeness (QED) is 0.488. The zero-order chi connectivity index (χ0) is 18.0. The van der Waals surface area contributed by atoms with E-state index in [0.29, 0.717) is 5.75 Å². The minimum Gasteiger partial charge on any atom is -0.507 e. The number of carbonyl (C=O) groups excluding carboxylic acids is 1. The molecular formula is C15H10ClN3O6. The van der Waals surface area contributed by atoms with Gasteiger partial charge in [-0.15, -0.1) is 0 Å². The van der Waals surface area contributed by atoms with Gasteiger partial charge in [0.1, 0.15) is 5.75 Å². The summed E-state index contributed by atoms with van der Waals surface area (Å²) in [5.74, 6) is -0.407. The summed E-state index contributed by atoms with van der Waals surface area (Å²) in [6.45, 7) is -0.0281. The Morgan fingerprint density at radius 2 is 2.04 bits per heavy atom. The molecule has 128 valence electrons. The Morgan fingerprint density at radius 3 is 2.72 bits per heavy atom. The van der Waals surface area contributed by atoms with Crippen LogP contribution in [0.15, 0.2) is 35.4 Å². The molecule has 0 radical (unpaired) electrons. The SMILES string of the molecule is O=C(NN=Cc1cc2c(cc1[N+](=O)[O-])OCO2)c1ccc(Cl)cc1O. The first-order valence-corrected chi connectivity index (χ1v) is 7.23. The summed E-state index contributed by atoms with van der Waals surface area (Å²) < 4.78 is 10.2. The number of benzene rings is 2. The summed E-state index contributed by atoms with van der Waals surface area (Å²) in [6.07, 6.45) is 1.10. The van der Waals surface area contributed by atoms with Crippen LogP contribution >= 0.6 is 11.6 Å². The molecule has 0 saturated heterocycles. The normalized spacial score (nSPS) is 12.4. The van der Waals surface area contributed by atoms with Crippen LogP contribution < -0.4 is 14.9 Å². The largest absolute Gasteiger partial charge is 0.507 e. The third-order valence-electron chi connectivity index (χ3n) is 3.29. The standard InChI is InChI=1S/C15H10ClN3O6/c16-9-1-2-10(12(20)4-9)15(21)18-17-6-8-3-13-14(25-7-24-13)5-11(8)19(22)23/h1-6,20H,7H2,(H,18,21). The van der Waals surface area contributed by atoms with E-state index in [0.717, 1.165) is 6.21 Å². The van der Waals surface area contributed by atoms with Crippen LogP contribution in [0.2, 0.25) is 5.02 Å². The number of amides is 1. The number of phenolic OH excluding ortho intramolecular Hbond substituents is 1. The van der Waals surface area contributed by atoms with Gasteiger partial charge < -0.3 is 14.6 Å². The van der Waals surface area contributed by atoms with Gasteiger partial charge in [-0.2, -0.15) is 5.10 Å². The molecule has 1 aliphatic rings. The van der Waals surface area contributed by atoms with E-state index < -0.39 is 10.8 Å². The van der Waals surface area contributed by atoms with Crippen LogP contribution in [-0.2, 0) is 0 Å². The Kier molecular flexibility index (Phi) is 4.40. The van der Waals surface area contributed by atoms with Crippen molar-refractivity contribution in [3.8, 4) is 17.2 Å². The van der Waals surface area contributed by atoms with E-state index >= 15 is 0 Å². The fourth-order valence-corrected chi connectivity index (χ4v) is 2.29. The van der Waals surface area contributed by atoms with Crippen LogP contribution in [0.4, 0.5) is 5.69 Å². The Labute approximate surface area is 145 Å². The van der Waals surface area contributed by atoms with E-state index in [4.69, 9.17) is 21.1 Å². The Balaban J connectivity index is 1.80. The molecule has 0 aliphatic carbocycles. The summed E-state index contributed by atoms with van der Waals surface area (Å²) in [7, 11) is 0. The number of hydrazone groups is 1. The molecule has 0 atom stereocenters. The van der Waals surface area contributed by atoms with Gasteiger partial charge in [0.25, 0.3) is 11.6 Å². The first kappa shape index (κ1) is 16.5. The van der Waals surface area contributed by atoms with Gasteiger partial charge in [-0.3, -0.25) is 14.9 Å². The van der Waals surface area contributed by atoms with Crippen molar-refractivity contribution in [3.63, 3.8) is 0 Å². The fraction of sp³-hybridized carbons (Fsp3) is 0.0667. The van der Waals surface area contributed by atoms with Gasteiger partial charge in [0.2, 0.25) is 6.79 Å². The molecule has 0 saturated carbocycles. The Morgan fingerprint density at radius 1 is 1.32 bits per heavy atom. The van der Waals surface area contributed by atoms with E-state index in [9.17, 15) is 20.0 Å². The maximum Gasteiger partial charge on any atom is 0.282 e. The van der Waals surface area contributed by atoms with Crippen molar-refractivity contribution in [3.05, 3.63) is 56.6 Å². The highest BCUT2D eigenvalue weighted by Gasteiger charge is 2.22. The highest BCUT2D eigenvalue weighted by atomic mass is 35.5. The lowest BCUT2D eigenvalue weighted by Crippen LogP contribution is -2.17. The number of nitrogens with zero attached hydrogens (tertiary/aromatic N) is 2. The predicted molar refractivity (Wildman–Crippen MR) is 87.4 cm³/mol. The molecule has 2 N–H and O–H groups in total. The van der Waals surface area contributed by atoms with Gasteiger partial charge in [-0.25, -0.2) is 5.43 Å². The second kappa shape index (κ2) is 6.65. The molecule has 0 unspecified atom stereocenters. The predicted octanol–water partition coefficient (Wildman–Crippen LogP) is 2.45. The molecule has 0 fully saturated rings. The van der Waals surface area contributed by atoms with Gasteiger partial charge in [0.15, 0.2) is 11.5 Å². The fourth-order valence-electron chi connectivity index (χ4n) is 2.13. The van der Waals surface area contributed by atoms with E-state index in [2.05, 4.69) is 10.5 Å². The minimum absolute atomic E-state index is 0.0281.